The van der Waals surface area contributed by atoms with E-state index in [2.05, 4.69) is 17.2 Å². The van der Waals surface area contributed by atoms with Gasteiger partial charge in [-0.05, 0) is 24.3 Å². The fourth-order valence-electron chi connectivity index (χ4n) is 1.22. The van der Waals surface area contributed by atoms with Crippen LogP contribution in [0.3, 0.4) is 0 Å². The maximum Gasteiger partial charge on any atom is 0.381 e. The molecular weight excluding hydrogens is 186 g/mol. The first-order valence-corrected chi connectivity index (χ1v) is 5.47. The molecule has 0 saturated carbocycles. The Morgan fingerprint density at radius 1 is 1.54 bits per heavy atom. The number of thioether (sulfide) groups is 1. The summed E-state index contributed by atoms with van der Waals surface area (Å²) >= 11 is 1.97. The summed E-state index contributed by atoms with van der Waals surface area (Å²) in [5.41, 5.74) is 0. The molecule has 0 radical (unpaired) electrons. The highest BCUT2D eigenvalue weighted by Gasteiger charge is 2.11. The van der Waals surface area contributed by atoms with E-state index in [-0.39, 0.29) is 0 Å². The van der Waals surface area contributed by atoms with Crippen LogP contribution < -0.4 is 5.32 Å². The van der Waals surface area contributed by atoms with Crippen LogP contribution in [-0.2, 0) is 4.79 Å². The number of aliphatic carboxylic acids is 1. The van der Waals surface area contributed by atoms with Crippen molar-refractivity contribution in [1.82, 2.24) is 5.32 Å². The van der Waals surface area contributed by atoms with Crippen molar-refractivity contribution in [3.8, 4) is 11.8 Å². The van der Waals surface area contributed by atoms with Crippen molar-refractivity contribution in [1.29, 1.82) is 0 Å². The highest BCUT2D eigenvalue weighted by atomic mass is 32.2. The first-order valence-electron chi connectivity index (χ1n) is 4.32. The van der Waals surface area contributed by atoms with Crippen molar-refractivity contribution in [2.45, 2.75) is 18.9 Å². The largest absolute Gasteiger partial charge is 0.472 e. The van der Waals surface area contributed by atoms with Gasteiger partial charge in [0.25, 0.3) is 0 Å². The minimum atomic E-state index is -1.05. The van der Waals surface area contributed by atoms with Gasteiger partial charge in [0.2, 0.25) is 0 Å². The summed E-state index contributed by atoms with van der Waals surface area (Å²) in [4.78, 5) is 10.0. The summed E-state index contributed by atoms with van der Waals surface area (Å²) in [5.74, 6) is 5.99. The molecule has 1 saturated heterocycles. The minimum Gasteiger partial charge on any atom is -0.472 e. The van der Waals surface area contributed by atoms with Crippen LogP contribution >= 0.6 is 11.8 Å². The molecule has 0 aromatic heterocycles. The molecule has 1 fully saturated rings. The molecule has 0 aromatic carbocycles. The van der Waals surface area contributed by atoms with E-state index in [1.54, 1.807) is 0 Å². The van der Waals surface area contributed by atoms with Gasteiger partial charge in [-0.2, -0.15) is 11.8 Å². The molecule has 1 rings (SSSR count). The van der Waals surface area contributed by atoms with Crippen LogP contribution in [0.5, 0.6) is 0 Å². The second-order valence-electron chi connectivity index (χ2n) is 2.87. The molecule has 0 unspecified atom stereocenters. The molecule has 72 valence electrons. The highest BCUT2D eigenvalue weighted by molar-refractivity contribution is 7.99. The second kappa shape index (κ2) is 5.90. The third kappa shape index (κ3) is 4.81. The number of carboxylic acid groups (broad SMARTS) is 1. The molecule has 13 heavy (non-hydrogen) atoms. The topological polar surface area (TPSA) is 49.3 Å². The molecule has 1 heterocycles. The summed E-state index contributed by atoms with van der Waals surface area (Å²) in [6, 6.07) is 0.532. The Labute approximate surface area is 82.3 Å². The van der Waals surface area contributed by atoms with E-state index in [9.17, 15) is 4.79 Å². The van der Waals surface area contributed by atoms with E-state index in [1.165, 1.54) is 24.3 Å². The van der Waals surface area contributed by atoms with Gasteiger partial charge in [-0.15, -0.1) is 0 Å². The van der Waals surface area contributed by atoms with E-state index in [0.29, 0.717) is 12.6 Å². The number of hydrogen-bond donors (Lipinski definition) is 2. The SMILES string of the molecule is O=C(O)C#CCNC1CCSCC1. The van der Waals surface area contributed by atoms with Crippen molar-refractivity contribution in [2.24, 2.45) is 0 Å². The van der Waals surface area contributed by atoms with Crippen LogP contribution in [-0.4, -0.2) is 35.2 Å². The summed E-state index contributed by atoms with van der Waals surface area (Å²) < 4.78 is 0. The first kappa shape index (κ1) is 10.4. The Morgan fingerprint density at radius 2 is 2.23 bits per heavy atom. The van der Waals surface area contributed by atoms with Crippen molar-refractivity contribution in [3.63, 3.8) is 0 Å². The predicted molar refractivity (Wildman–Crippen MR) is 53.8 cm³/mol. The van der Waals surface area contributed by atoms with Gasteiger partial charge in [0.15, 0.2) is 0 Å². The lowest BCUT2D eigenvalue weighted by Crippen LogP contribution is -2.32. The molecule has 1 aliphatic rings. The molecule has 3 nitrogen and oxygen atoms in total. The Hall–Kier alpha value is -0.660. The number of hydrogen-bond acceptors (Lipinski definition) is 3. The Bertz CT molecular complexity index is 226. The van der Waals surface area contributed by atoms with E-state index in [4.69, 9.17) is 5.11 Å². The third-order valence-corrected chi connectivity index (χ3v) is 2.94. The standard InChI is InChI=1S/C9H13NO2S/c11-9(12)2-1-5-10-8-3-6-13-7-4-8/h8,10H,3-7H2,(H,11,12). The zero-order valence-corrected chi connectivity index (χ0v) is 8.19. The van der Waals surface area contributed by atoms with Crippen LogP contribution in [0.2, 0.25) is 0 Å². The zero-order chi connectivity index (χ0) is 9.52. The lowest BCUT2D eigenvalue weighted by molar-refractivity contribution is -0.130. The van der Waals surface area contributed by atoms with Gasteiger partial charge in [0, 0.05) is 12.0 Å². The van der Waals surface area contributed by atoms with Gasteiger partial charge in [-0.1, -0.05) is 5.92 Å². The molecule has 0 aliphatic carbocycles. The van der Waals surface area contributed by atoms with Crippen molar-refractivity contribution >= 4 is 17.7 Å². The van der Waals surface area contributed by atoms with Crippen molar-refractivity contribution in [3.05, 3.63) is 0 Å². The average molecular weight is 199 g/mol. The smallest absolute Gasteiger partial charge is 0.381 e. The van der Waals surface area contributed by atoms with Gasteiger partial charge in [0.05, 0.1) is 6.54 Å². The van der Waals surface area contributed by atoms with Crippen LogP contribution in [0.15, 0.2) is 0 Å². The van der Waals surface area contributed by atoms with E-state index in [0.717, 1.165) is 0 Å². The van der Waals surface area contributed by atoms with E-state index in [1.807, 2.05) is 11.8 Å². The molecule has 0 amide bonds. The summed E-state index contributed by atoms with van der Waals surface area (Å²) in [7, 11) is 0. The fraction of sp³-hybridized carbons (Fsp3) is 0.667. The molecule has 1 aliphatic heterocycles. The normalized spacial score (nSPS) is 17.5. The monoisotopic (exact) mass is 199 g/mol. The van der Waals surface area contributed by atoms with Gasteiger partial charge in [0.1, 0.15) is 0 Å². The second-order valence-corrected chi connectivity index (χ2v) is 4.10. The number of carbonyl (C=O) groups is 1. The van der Waals surface area contributed by atoms with Crippen molar-refractivity contribution in [2.75, 3.05) is 18.1 Å². The maximum atomic E-state index is 10.0. The number of carboxylic acids is 1. The molecule has 4 heteroatoms. The number of rotatable bonds is 2. The fourth-order valence-corrected chi connectivity index (χ4v) is 2.32. The van der Waals surface area contributed by atoms with Crippen LogP contribution in [0.25, 0.3) is 0 Å². The lowest BCUT2D eigenvalue weighted by atomic mass is 10.1. The quantitative estimate of drug-likeness (QED) is 0.638. The van der Waals surface area contributed by atoms with Gasteiger partial charge < -0.3 is 10.4 Å². The predicted octanol–water partition coefficient (Wildman–Crippen LogP) is 0.560. The first-order chi connectivity index (χ1) is 6.29. The Balaban J connectivity index is 2.12. The summed E-state index contributed by atoms with van der Waals surface area (Å²) in [6.07, 6.45) is 2.33. The van der Waals surface area contributed by atoms with Crippen LogP contribution in [0, 0.1) is 11.8 Å². The molecule has 0 bridgehead atoms. The molecule has 2 N–H and O–H groups in total. The molecule has 0 atom stereocenters. The lowest BCUT2D eigenvalue weighted by Gasteiger charge is -2.21. The van der Waals surface area contributed by atoms with Crippen molar-refractivity contribution < 1.29 is 9.90 Å². The average Bonchev–Trinajstić information content (AvgIpc) is 2.14. The molecule has 0 spiro atoms. The van der Waals surface area contributed by atoms with Gasteiger partial charge in [-0.3, -0.25) is 0 Å². The molecule has 0 aromatic rings. The summed E-state index contributed by atoms with van der Waals surface area (Å²) in [5, 5.41) is 11.5. The Morgan fingerprint density at radius 3 is 2.85 bits per heavy atom. The maximum absolute atomic E-state index is 10.0. The molecular formula is C9H13NO2S. The van der Waals surface area contributed by atoms with Crippen LogP contribution in [0.4, 0.5) is 0 Å². The number of nitrogens with one attached hydrogen (secondary N) is 1. The van der Waals surface area contributed by atoms with Gasteiger partial charge in [-0.25, -0.2) is 4.79 Å². The van der Waals surface area contributed by atoms with E-state index >= 15 is 0 Å². The minimum absolute atomic E-state index is 0.488. The summed E-state index contributed by atoms with van der Waals surface area (Å²) in [6.45, 7) is 0.488. The van der Waals surface area contributed by atoms with Gasteiger partial charge >= 0.3 is 5.97 Å². The highest BCUT2D eigenvalue weighted by Crippen LogP contribution is 2.16. The Kier molecular flexibility index (Phi) is 4.73. The van der Waals surface area contributed by atoms with Crippen LogP contribution in [0.1, 0.15) is 12.8 Å². The van der Waals surface area contributed by atoms with E-state index < -0.39 is 5.97 Å². The third-order valence-electron chi connectivity index (χ3n) is 1.90. The zero-order valence-electron chi connectivity index (χ0n) is 7.38.